The third-order valence-electron chi connectivity index (χ3n) is 7.96. The molecule has 3 amide bonds. The molecule has 0 N–H and O–H groups in total. The van der Waals surface area contributed by atoms with Gasteiger partial charge < -0.3 is 0 Å². The summed E-state index contributed by atoms with van der Waals surface area (Å²) in [5.41, 5.74) is 3.22. The second kappa shape index (κ2) is 6.89. The molecule has 1 aliphatic heterocycles. The molecule has 0 aromatic heterocycles. The van der Waals surface area contributed by atoms with E-state index in [1.165, 1.54) is 4.90 Å². The van der Waals surface area contributed by atoms with Crippen LogP contribution in [0.1, 0.15) is 27.9 Å². The summed E-state index contributed by atoms with van der Waals surface area (Å²) >= 11 is 0. The molecule has 2 bridgehead atoms. The van der Waals surface area contributed by atoms with E-state index in [9.17, 15) is 14.4 Å². The van der Waals surface area contributed by atoms with Gasteiger partial charge in [-0.3, -0.25) is 24.2 Å². The molecule has 0 unspecified atom stereocenters. The fourth-order valence-corrected chi connectivity index (χ4v) is 6.30. The molecule has 32 heavy (non-hydrogen) atoms. The van der Waals surface area contributed by atoms with Crippen LogP contribution in [-0.2, 0) is 9.59 Å². The SMILES string of the molecule is Cc1ccc(C)c(N(CN2C(=O)[C@@H]3[C@@H]4C=C[C@H]([C@H]5C[C@H]45)[C@@H]3C2=O)C(=O)c2ccccc2)c1. The number of carbonyl (C=O) groups is 3. The Morgan fingerprint density at radius 1 is 0.938 bits per heavy atom. The smallest absolute Gasteiger partial charge is 0.259 e. The molecule has 2 aromatic rings. The van der Waals surface area contributed by atoms with Crippen molar-refractivity contribution in [3.63, 3.8) is 0 Å². The zero-order valence-electron chi connectivity index (χ0n) is 18.3. The van der Waals surface area contributed by atoms with Gasteiger partial charge in [-0.1, -0.05) is 42.5 Å². The molecular formula is C27H26N2O3. The second-order valence-electron chi connectivity index (χ2n) is 9.79. The molecular weight excluding hydrogens is 400 g/mol. The minimum Gasteiger partial charge on any atom is -0.289 e. The van der Waals surface area contributed by atoms with Crippen LogP contribution in [0.25, 0.3) is 0 Å². The van der Waals surface area contributed by atoms with Crippen molar-refractivity contribution in [2.24, 2.45) is 35.5 Å². The van der Waals surface area contributed by atoms with Crippen molar-refractivity contribution in [2.45, 2.75) is 20.3 Å². The topological polar surface area (TPSA) is 57.7 Å². The summed E-state index contributed by atoms with van der Waals surface area (Å²) in [5.74, 6) is 0.529. The van der Waals surface area contributed by atoms with Gasteiger partial charge in [-0.15, -0.1) is 0 Å². The van der Waals surface area contributed by atoms with Crippen molar-refractivity contribution < 1.29 is 14.4 Å². The Kier molecular flexibility index (Phi) is 4.19. The molecule has 6 atom stereocenters. The molecule has 5 heteroatoms. The van der Waals surface area contributed by atoms with Crippen molar-refractivity contribution in [3.05, 3.63) is 77.4 Å². The first kappa shape index (κ1) is 19.5. The Bertz CT molecular complexity index is 1130. The van der Waals surface area contributed by atoms with Crippen molar-refractivity contribution >= 4 is 23.4 Å². The first-order chi connectivity index (χ1) is 15.5. The highest BCUT2D eigenvalue weighted by Gasteiger charge is 2.67. The van der Waals surface area contributed by atoms with Gasteiger partial charge in [-0.25, -0.2) is 0 Å². The summed E-state index contributed by atoms with van der Waals surface area (Å²) in [7, 11) is 0. The normalized spacial score (nSPS) is 31.5. The average Bonchev–Trinajstić information content (AvgIpc) is 3.59. The largest absolute Gasteiger partial charge is 0.289 e. The fourth-order valence-electron chi connectivity index (χ4n) is 6.30. The van der Waals surface area contributed by atoms with Crippen LogP contribution in [0.4, 0.5) is 5.69 Å². The van der Waals surface area contributed by atoms with Gasteiger partial charge in [0.25, 0.3) is 5.91 Å². The van der Waals surface area contributed by atoms with Crippen molar-refractivity contribution in [1.29, 1.82) is 0 Å². The van der Waals surface area contributed by atoms with E-state index >= 15 is 0 Å². The Morgan fingerprint density at radius 3 is 2.19 bits per heavy atom. The Hall–Kier alpha value is -3.21. The number of benzene rings is 2. The molecule has 2 aromatic carbocycles. The molecule has 162 valence electrons. The van der Waals surface area contributed by atoms with Crippen LogP contribution in [0.5, 0.6) is 0 Å². The zero-order chi connectivity index (χ0) is 22.1. The van der Waals surface area contributed by atoms with Crippen LogP contribution < -0.4 is 4.90 Å². The number of amides is 3. The van der Waals surface area contributed by atoms with E-state index in [1.807, 2.05) is 50.2 Å². The summed E-state index contributed by atoms with van der Waals surface area (Å²) < 4.78 is 0. The predicted molar refractivity (Wildman–Crippen MR) is 121 cm³/mol. The Morgan fingerprint density at radius 2 is 1.56 bits per heavy atom. The van der Waals surface area contributed by atoms with Gasteiger partial charge >= 0.3 is 0 Å². The maximum absolute atomic E-state index is 13.6. The lowest BCUT2D eigenvalue weighted by Crippen LogP contribution is -2.45. The molecule has 0 radical (unpaired) electrons. The van der Waals surface area contributed by atoms with Crippen LogP contribution >= 0.6 is 0 Å². The van der Waals surface area contributed by atoms with E-state index in [2.05, 4.69) is 12.2 Å². The number of allylic oxidation sites excluding steroid dienone is 2. The van der Waals surface area contributed by atoms with Crippen LogP contribution in [0, 0.1) is 49.4 Å². The van der Waals surface area contributed by atoms with E-state index in [0.717, 1.165) is 23.2 Å². The molecule has 7 rings (SSSR count). The lowest BCUT2D eigenvalue weighted by atomic mass is 9.63. The van der Waals surface area contributed by atoms with E-state index in [0.29, 0.717) is 17.4 Å². The number of nitrogens with zero attached hydrogens (tertiary/aromatic N) is 2. The molecule has 2 saturated carbocycles. The number of hydrogen-bond donors (Lipinski definition) is 0. The molecule has 5 aliphatic rings. The van der Waals surface area contributed by atoms with Gasteiger partial charge in [0, 0.05) is 11.3 Å². The maximum atomic E-state index is 13.6. The molecule has 1 saturated heterocycles. The highest BCUT2D eigenvalue weighted by Crippen LogP contribution is 2.65. The minimum atomic E-state index is -0.256. The van der Waals surface area contributed by atoms with Crippen LogP contribution in [0.3, 0.4) is 0 Å². The van der Waals surface area contributed by atoms with E-state index < -0.39 is 0 Å². The van der Waals surface area contributed by atoms with E-state index in [1.54, 1.807) is 17.0 Å². The van der Waals surface area contributed by atoms with Gasteiger partial charge in [-0.05, 0) is 73.3 Å². The van der Waals surface area contributed by atoms with Crippen molar-refractivity contribution in [2.75, 3.05) is 11.6 Å². The number of likely N-dealkylation sites (tertiary alicyclic amines) is 1. The van der Waals surface area contributed by atoms with Crippen molar-refractivity contribution in [1.82, 2.24) is 4.90 Å². The molecule has 1 heterocycles. The van der Waals surface area contributed by atoms with Gasteiger partial charge in [0.05, 0.1) is 11.8 Å². The molecule has 0 spiro atoms. The first-order valence-electron chi connectivity index (χ1n) is 11.4. The third-order valence-corrected chi connectivity index (χ3v) is 7.96. The van der Waals surface area contributed by atoms with Gasteiger partial charge in [-0.2, -0.15) is 0 Å². The monoisotopic (exact) mass is 426 g/mol. The van der Waals surface area contributed by atoms with Crippen molar-refractivity contribution in [3.8, 4) is 0 Å². The highest BCUT2D eigenvalue weighted by molar-refractivity contribution is 6.10. The number of hydrogen-bond acceptors (Lipinski definition) is 3. The van der Waals surface area contributed by atoms with E-state index in [4.69, 9.17) is 0 Å². The lowest BCUT2D eigenvalue weighted by Gasteiger charge is -2.37. The molecule has 4 aliphatic carbocycles. The second-order valence-corrected chi connectivity index (χ2v) is 9.79. The summed E-state index contributed by atoms with van der Waals surface area (Å²) in [5, 5.41) is 0. The molecule has 3 fully saturated rings. The van der Waals surface area contributed by atoms with Crippen LogP contribution in [0.2, 0.25) is 0 Å². The quantitative estimate of drug-likeness (QED) is 0.549. The maximum Gasteiger partial charge on any atom is 0.259 e. The van der Waals surface area contributed by atoms with Crippen LogP contribution in [0.15, 0.2) is 60.7 Å². The zero-order valence-corrected chi connectivity index (χ0v) is 18.3. The summed E-state index contributed by atoms with van der Waals surface area (Å²) in [4.78, 5) is 43.6. The predicted octanol–water partition coefficient (Wildman–Crippen LogP) is 3.96. The Balaban J connectivity index is 1.37. The Labute approximate surface area is 187 Å². The summed E-state index contributed by atoms with van der Waals surface area (Å²) in [6, 6.07) is 15.0. The number of anilines is 1. The van der Waals surface area contributed by atoms with Gasteiger partial charge in [0.1, 0.15) is 6.67 Å². The number of carbonyl (C=O) groups excluding carboxylic acids is 3. The number of imide groups is 1. The van der Waals surface area contributed by atoms with Gasteiger partial charge in [0.2, 0.25) is 11.8 Å². The first-order valence-corrected chi connectivity index (χ1v) is 11.4. The number of aryl methyl sites for hydroxylation is 2. The van der Waals surface area contributed by atoms with Gasteiger partial charge in [0.15, 0.2) is 0 Å². The van der Waals surface area contributed by atoms with Crippen LogP contribution in [-0.4, -0.2) is 29.3 Å². The fraction of sp³-hybridized carbons (Fsp3) is 0.370. The summed E-state index contributed by atoms with van der Waals surface area (Å²) in [6.07, 6.45) is 5.48. The van der Waals surface area contributed by atoms with E-state index in [-0.39, 0.29) is 48.1 Å². The number of rotatable bonds is 4. The third kappa shape index (κ3) is 2.73. The average molecular weight is 427 g/mol. The lowest BCUT2D eigenvalue weighted by molar-refractivity contribution is -0.140. The minimum absolute atomic E-state index is 0.0442. The standard InChI is InChI=1S/C27H26N2O3/c1-15-8-9-16(2)22(12-15)28(25(30)17-6-4-3-5-7-17)14-29-26(31)23-18-10-11-19(21-13-20(18)21)24(23)27(29)32/h3-12,18-21,23-24H,13-14H2,1-2H3/t18-,19-,20-,21-,23-,24+/m1/s1. The highest BCUT2D eigenvalue weighted by atomic mass is 16.2. The molecule has 5 nitrogen and oxygen atoms in total. The summed E-state index contributed by atoms with van der Waals surface area (Å²) in [6.45, 7) is 3.88.